The largest absolute Gasteiger partial charge is 0.530 e. The van der Waals surface area contributed by atoms with Crippen molar-refractivity contribution in [3.63, 3.8) is 0 Å². The van der Waals surface area contributed by atoms with Crippen LogP contribution in [-0.4, -0.2) is 22.9 Å². The van der Waals surface area contributed by atoms with E-state index < -0.39 is 17.9 Å². The molecule has 0 saturated heterocycles. The van der Waals surface area contributed by atoms with Gasteiger partial charge in [0.1, 0.15) is 11.8 Å². The fraction of sp³-hybridized carbons (Fsp3) is 0.0556. The molecule has 3 rings (SSSR count). The Bertz CT molecular complexity index is 1010. The zero-order valence-electron chi connectivity index (χ0n) is 13.8. The molecule has 0 aliphatic heterocycles. The van der Waals surface area contributed by atoms with Crippen LogP contribution in [0.3, 0.4) is 0 Å². The molecule has 3 aromatic rings. The van der Waals surface area contributed by atoms with Crippen LogP contribution in [0.2, 0.25) is 0 Å². The lowest BCUT2D eigenvalue weighted by Gasteiger charge is -2.12. The van der Waals surface area contributed by atoms with Gasteiger partial charge in [-0.2, -0.15) is 0 Å². The summed E-state index contributed by atoms with van der Waals surface area (Å²) in [4.78, 5) is 38.1. The van der Waals surface area contributed by atoms with Crippen molar-refractivity contribution >= 4 is 34.5 Å². The third-order valence-electron chi connectivity index (χ3n) is 3.72. The minimum absolute atomic E-state index is 0.0456. The Labute approximate surface area is 148 Å². The number of H-pyrrole nitrogens is 1. The second-order valence-electron chi connectivity index (χ2n) is 5.64. The Morgan fingerprint density at radius 1 is 0.962 bits per heavy atom. The Balaban J connectivity index is 1.71. The number of amides is 3. The first-order valence-corrected chi connectivity index (χ1v) is 7.71. The van der Waals surface area contributed by atoms with Gasteiger partial charge in [0.2, 0.25) is 0 Å². The molecule has 0 bridgehead atoms. The number of carbonyl (C=O) groups excluding carboxylic acids is 3. The molecule has 3 amide bonds. The number of aromatic amines is 1. The number of hydrogen-bond donors (Lipinski definition) is 4. The van der Waals surface area contributed by atoms with Crippen LogP contribution in [0.1, 0.15) is 26.4 Å². The maximum absolute atomic E-state index is 12.2. The number of anilines is 1. The van der Waals surface area contributed by atoms with Crippen molar-refractivity contribution in [2.75, 3.05) is 5.32 Å². The molecule has 2 aromatic carbocycles. The molecular weight excluding hydrogens is 336 g/mol. The molecule has 0 fully saturated rings. The van der Waals surface area contributed by atoms with Gasteiger partial charge in [0.15, 0.2) is 0 Å². The minimum Gasteiger partial charge on any atom is -0.530 e. The minimum atomic E-state index is -1.54. The van der Waals surface area contributed by atoms with E-state index in [-0.39, 0.29) is 16.9 Å². The van der Waals surface area contributed by atoms with Gasteiger partial charge in [-0.15, -0.1) is 0 Å². The summed E-state index contributed by atoms with van der Waals surface area (Å²) in [6, 6.07) is 13.3. The number of aryl methyl sites for hydroxylation is 1. The van der Waals surface area contributed by atoms with Crippen molar-refractivity contribution in [1.82, 2.24) is 15.8 Å². The molecule has 132 valence electrons. The van der Waals surface area contributed by atoms with Crippen molar-refractivity contribution in [2.45, 2.75) is 6.92 Å². The highest BCUT2D eigenvalue weighted by atomic mass is 16.4. The first kappa shape index (κ1) is 17.0. The number of nitrogens with one attached hydrogen (secondary N) is 4. The van der Waals surface area contributed by atoms with Gasteiger partial charge in [-0.1, -0.05) is 23.8 Å². The Morgan fingerprint density at radius 3 is 2.46 bits per heavy atom. The molecule has 1 heterocycles. The Morgan fingerprint density at radius 2 is 1.69 bits per heavy atom. The Hall–Kier alpha value is -3.81. The first-order chi connectivity index (χ1) is 12.4. The highest BCUT2D eigenvalue weighted by Crippen LogP contribution is 2.17. The van der Waals surface area contributed by atoms with Crippen molar-refractivity contribution < 1.29 is 19.5 Å². The SMILES string of the molecule is Cc1ccc2[nH]c(C(=O)NNC(=O)c3ccccc3NC(=O)[O-])cc2c1. The zero-order chi connectivity index (χ0) is 18.7. The summed E-state index contributed by atoms with van der Waals surface area (Å²) in [5.74, 6) is -1.20. The van der Waals surface area contributed by atoms with E-state index in [0.29, 0.717) is 0 Å². The van der Waals surface area contributed by atoms with Crippen LogP contribution in [0.4, 0.5) is 10.5 Å². The summed E-state index contributed by atoms with van der Waals surface area (Å²) >= 11 is 0. The zero-order valence-corrected chi connectivity index (χ0v) is 13.8. The predicted octanol–water partition coefficient (Wildman–Crippen LogP) is 1.31. The maximum atomic E-state index is 12.2. The van der Waals surface area contributed by atoms with Gasteiger partial charge in [0.05, 0.1) is 11.3 Å². The lowest BCUT2D eigenvalue weighted by molar-refractivity contribution is -0.242. The molecule has 0 spiro atoms. The molecule has 0 radical (unpaired) electrons. The van der Waals surface area contributed by atoms with Gasteiger partial charge in [-0.25, -0.2) is 0 Å². The van der Waals surface area contributed by atoms with E-state index in [2.05, 4.69) is 15.8 Å². The third kappa shape index (κ3) is 3.64. The quantitative estimate of drug-likeness (QED) is 0.531. The van der Waals surface area contributed by atoms with Crippen LogP contribution in [0.5, 0.6) is 0 Å². The van der Waals surface area contributed by atoms with E-state index in [9.17, 15) is 19.5 Å². The van der Waals surface area contributed by atoms with Crippen LogP contribution >= 0.6 is 0 Å². The first-order valence-electron chi connectivity index (χ1n) is 7.71. The second-order valence-corrected chi connectivity index (χ2v) is 5.64. The lowest BCUT2D eigenvalue weighted by atomic mass is 10.1. The number of para-hydroxylation sites is 1. The number of benzene rings is 2. The molecule has 0 unspecified atom stereocenters. The summed E-state index contributed by atoms with van der Waals surface area (Å²) in [5.41, 5.74) is 6.80. The predicted molar refractivity (Wildman–Crippen MR) is 93.4 cm³/mol. The monoisotopic (exact) mass is 351 g/mol. The average Bonchev–Trinajstić information content (AvgIpc) is 3.02. The van der Waals surface area contributed by atoms with E-state index in [4.69, 9.17) is 0 Å². The normalized spacial score (nSPS) is 10.3. The molecule has 4 N–H and O–H groups in total. The van der Waals surface area contributed by atoms with E-state index >= 15 is 0 Å². The highest BCUT2D eigenvalue weighted by Gasteiger charge is 2.14. The van der Waals surface area contributed by atoms with Crippen molar-refractivity contribution in [1.29, 1.82) is 0 Å². The van der Waals surface area contributed by atoms with Crippen molar-refractivity contribution in [3.05, 3.63) is 65.4 Å². The number of carboxylic acid groups (broad SMARTS) is 1. The number of fused-ring (bicyclic) bond motifs is 1. The van der Waals surface area contributed by atoms with Crippen LogP contribution in [-0.2, 0) is 0 Å². The van der Waals surface area contributed by atoms with Crippen LogP contribution in [0.15, 0.2) is 48.5 Å². The molecule has 26 heavy (non-hydrogen) atoms. The van der Waals surface area contributed by atoms with Crippen LogP contribution < -0.4 is 21.3 Å². The summed E-state index contributed by atoms with van der Waals surface area (Å²) in [6.07, 6.45) is -1.54. The van der Waals surface area contributed by atoms with Crippen molar-refractivity contribution in [2.24, 2.45) is 0 Å². The Kier molecular flexibility index (Phi) is 4.57. The number of carbonyl (C=O) groups is 3. The molecule has 0 saturated carbocycles. The standard InChI is InChI=1S/C18H16N4O4/c1-10-6-7-13-11(8-10)9-15(19-13)17(24)22-21-16(23)12-4-2-3-5-14(12)20-18(25)26/h2-9,19-20H,1H3,(H,21,23)(H,22,24)(H,25,26)/p-1. The van der Waals surface area contributed by atoms with Crippen LogP contribution in [0.25, 0.3) is 10.9 Å². The number of rotatable bonds is 3. The molecular formula is C18H15N4O4-. The highest BCUT2D eigenvalue weighted by molar-refractivity contribution is 6.04. The van der Waals surface area contributed by atoms with E-state index in [1.165, 1.54) is 12.1 Å². The molecule has 0 aliphatic carbocycles. The van der Waals surface area contributed by atoms with Gasteiger partial charge in [-0.3, -0.25) is 20.4 Å². The number of hydrazine groups is 1. The summed E-state index contributed by atoms with van der Waals surface area (Å²) in [7, 11) is 0. The van der Waals surface area contributed by atoms with Gasteiger partial charge >= 0.3 is 0 Å². The topological polar surface area (TPSA) is 126 Å². The summed E-state index contributed by atoms with van der Waals surface area (Å²) < 4.78 is 0. The lowest BCUT2D eigenvalue weighted by Crippen LogP contribution is -2.42. The third-order valence-corrected chi connectivity index (χ3v) is 3.72. The van der Waals surface area contributed by atoms with Gasteiger partial charge in [0, 0.05) is 10.9 Å². The molecule has 0 atom stereocenters. The molecule has 0 aliphatic rings. The maximum Gasteiger partial charge on any atom is 0.286 e. The van der Waals surface area contributed by atoms with Crippen LogP contribution in [0, 0.1) is 6.92 Å². The fourth-order valence-corrected chi connectivity index (χ4v) is 2.52. The molecule has 8 nitrogen and oxygen atoms in total. The number of aromatic nitrogens is 1. The summed E-state index contributed by atoms with van der Waals surface area (Å²) in [5, 5.41) is 13.6. The smallest absolute Gasteiger partial charge is 0.286 e. The second kappa shape index (κ2) is 6.98. The molecule has 8 heteroatoms. The van der Waals surface area contributed by atoms with Gasteiger partial charge < -0.3 is 20.2 Å². The summed E-state index contributed by atoms with van der Waals surface area (Å²) in [6.45, 7) is 1.95. The van der Waals surface area contributed by atoms with Crippen molar-refractivity contribution in [3.8, 4) is 0 Å². The number of hydrogen-bond acceptors (Lipinski definition) is 4. The molecule has 1 aromatic heterocycles. The van der Waals surface area contributed by atoms with Gasteiger partial charge in [0.25, 0.3) is 11.8 Å². The van der Waals surface area contributed by atoms with Gasteiger partial charge in [-0.05, 0) is 37.3 Å². The van der Waals surface area contributed by atoms with E-state index in [0.717, 1.165) is 16.5 Å². The average molecular weight is 351 g/mol. The fourth-order valence-electron chi connectivity index (χ4n) is 2.52. The van der Waals surface area contributed by atoms with E-state index in [1.807, 2.05) is 30.4 Å². The van der Waals surface area contributed by atoms with E-state index in [1.54, 1.807) is 18.2 Å².